The van der Waals surface area contributed by atoms with E-state index in [9.17, 15) is 8.42 Å². The number of aryl methyl sites for hydroxylation is 3. The number of halogens is 2. The first kappa shape index (κ1) is 22.0. The molecule has 0 aliphatic carbocycles. The van der Waals surface area contributed by atoms with E-state index >= 15 is 0 Å². The summed E-state index contributed by atoms with van der Waals surface area (Å²) in [5, 5.41) is 4.99. The van der Waals surface area contributed by atoms with Crippen LogP contribution in [0.1, 0.15) is 17.2 Å². The van der Waals surface area contributed by atoms with Crippen LogP contribution in [0, 0.1) is 20.8 Å². The fraction of sp³-hybridized carbons (Fsp3) is 0.350. The number of anilines is 1. The molecule has 1 aliphatic heterocycles. The number of rotatable bonds is 4. The quantitative estimate of drug-likeness (QED) is 0.568. The van der Waals surface area contributed by atoms with Gasteiger partial charge in [-0.3, -0.25) is 0 Å². The highest BCUT2D eigenvalue weighted by atomic mass is 35.5. The van der Waals surface area contributed by atoms with E-state index in [1.54, 1.807) is 10.7 Å². The zero-order chi connectivity index (χ0) is 22.3. The maximum absolute atomic E-state index is 13.1. The predicted octanol–water partition coefficient (Wildman–Crippen LogP) is 3.41. The molecule has 0 atom stereocenters. The van der Waals surface area contributed by atoms with Gasteiger partial charge in [-0.2, -0.15) is 9.40 Å². The Hall–Kier alpha value is -2.20. The van der Waals surface area contributed by atoms with Crippen LogP contribution in [0.3, 0.4) is 0 Å². The smallest absolute Gasteiger partial charge is 0.244 e. The lowest BCUT2D eigenvalue weighted by Gasteiger charge is -2.35. The molecule has 1 aliphatic rings. The van der Waals surface area contributed by atoms with E-state index in [2.05, 4.69) is 20.0 Å². The number of hydrogen-bond donors (Lipinski definition) is 0. The molecule has 4 rings (SSSR count). The Morgan fingerprint density at radius 3 is 2.23 bits per heavy atom. The highest BCUT2D eigenvalue weighted by Gasteiger charge is 2.31. The third-order valence-electron chi connectivity index (χ3n) is 5.11. The largest absolute Gasteiger partial charge is 0.354 e. The number of benzene rings is 1. The van der Waals surface area contributed by atoms with Gasteiger partial charge in [0.05, 0.1) is 10.7 Å². The summed E-state index contributed by atoms with van der Waals surface area (Å²) < 4.78 is 29.3. The van der Waals surface area contributed by atoms with Crippen LogP contribution in [-0.4, -0.2) is 58.7 Å². The summed E-state index contributed by atoms with van der Waals surface area (Å²) in [6.07, 6.45) is 0. The number of nitrogens with zero attached hydrogens (tertiary/aromatic N) is 6. The minimum atomic E-state index is -3.74. The van der Waals surface area contributed by atoms with Crippen LogP contribution in [0.5, 0.6) is 0 Å². The van der Waals surface area contributed by atoms with Gasteiger partial charge in [-0.1, -0.05) is 23.2 Å². The highest BCUT2D eigenvalue weighted by molar-refractivity contribution is 7.89. The van der Waals surface area contributed by atoms with Gasteiger partial charge in [0.1, 0.15) is 16.5 Å². The molecule has 0 amide bonds. The molecule has 0 N–H and O–H groups in total. The first-order valence-corrected chi connectivity index (χ1v) is 11.9. The number of piperazine rings is 1. The molecule has 11 heteroatoms. The molecule has 8 nitrogen and oxygen atoms in total. The van der Waals surface area contributed by atoms with Gasteiger partial charge in [0, 0.05) is 43.0 Å². The second-order valence-electron chi connectivity index (χ2n) is 7.44. The molecule has 3 aromatic rings. The number of sulfonamides is 1. The first-order valence-electron chi connectivity index (χ1n) is 9.74. The molecule has 0 spiro atoms. The topological polar surface area (TPSA) is 84.2 Å². The van der Waals surface area contributed by atoms with E-state index in [4.69, 9.17) is 23.2 Å². The molecular weight excluding hydrogens is 459 g/mol. The van der Waals surface area contributed by atoms with Crippen LogP contribution >= 0.6 is 23.2 Å². The number of aromatic nitrogens is 4. The standard InChI is InChI=1S/C20H22Cl2N6O2S/c1-13-10-14(2)28(25-13)20-12-19(23-15(3)24-20)26-6-8-27(9-7-26)31(29,30)18-11-16(21)4-5-17(18)22/h4-5,10-12H,6-9H2,1-3H3. The average molecular weight is 481 g/mol. The van der Waals surface area contributed by atoms with Gasteiger partial charge in [-0.15, -0.1) is 0 Å². The minimum absolute atomic E-state index is 0.0276. The third-order valence-corrected chi connectivity index (χ3v) is 7.73. The fourth-order valence-corrected chi connectivity index (χ4v) is 5.80. The molecule has 1 saturated heterocycles. The van der Waals surface area contributed by atoms with Crippen molar-refractivity contribution in [3.8, 4) is 5.82 Å². The van der Waals surface area contributed by atoms with Crippen molar-refractivity contribution in [1.29, 1.82) is 0 Å². The zero-order valence-corrected chi connectivity index (χ0v) is 19.7. The first-order chi connectivity index (χ1) is 14.6. The Kier molecular flexibility index (Phi) is 5.95. The van der Waals surface area contributed by atoms with E-state index in [0.717, 1.165) is 17.2 Å². The van der Waals surface area contributed by atoms with E-state index in [1.165, 1.54) is 16.4 Å². The number of hydrogen-bond acceptors (Lipinski definition) is 6. The van der Waals surface area contributed by atoms with Gasteiger partial charge in [-0.25, -0.2) is 23.1 Å². The van der Waals surface area contributed by atoms with Crippen LogP contribution in [0.25, 0.3) is 5.82 Å². The second-order valence-corrected chi connectivity index (χ2v) is 10.2. The van der Waals surface area contributed by atoms with Gasteiger partial charge in [0.25, 0.3) is 0 Å². The molecular formula is C20H22Cl2N6O2S. The van der Waals surface area contributed by atoms with Crippen LogP contribution < -0.4 is 4.90 Å². The molecule has 3 heterocycles. The van der Waals surface area contributed by atoms with E-state index in [1.807, 2.05) is 32.9 Å². The van der Waals surface area contributed by atoms with Crippen molar-refractivity contribution < 1.29 is 8.42 Å². The van der Waals surface area contributed by atoms with Crippen molar-refractivity contribution in [2.24, 2.45) is 0 Å². The maximum atomic E-state index is 13.1. The van der Waals surface area contributed by atoms with Gasteiger partial charge >= 0.3 is 0 Å². The molecule has 0 bridgehead atoms. The summed E-state index contributed by atoms with van der Waals surface area (Å²) in [6.45, 7) is 7.34. The molecule has 1 aromatic carbocycles. The Balaban J connectivity index is 1.55. The summed E-state index contributed by atoms with van der Waals surface area (Å²) in [5.74, 6) is 2.06. The lowest BCUT2D eigenvalue weighted by Crippen LogP contribution is -2.49. The van der Waals surface area contributed by atoms with Crippen LogP contribution in [-0.2, 0) is 10.0 Å². The van der Waals surface area contributed by atoms with Crippen molar-refractivity contribution in [3.63, 3.8) is 0 Å². The SMILES string of the molecule is Cc1cc(C)n(-c2cc(N3CCN(S(=O)(=O)c4cc(Cl)ccc4Cl)CC3)nc(C)n2)n1. The van der Waals surface area contributed by atoms with Crippen molar-refractivity contribution in [3.05, 3.63) is 57.6 Å². The van der Waals surface area contributed by atoms with Crippen molar-refractivity contribution in [1.82, 2.24) is 24.1 Å². The zero-order valence-electron chi connectivity index (χ0n) is 17.4. The average Bonchev–Trinajstić information content (AvgIpc) is 3.07. The van der Waals surface area contributed by atoms with Crippen LogP contribution in [0.4, 0.5) is 5.82 Å². The molecule has 164 valence electrons. The Bertz CT molecular complexity index is 1240. The predicted molar refractivity (Wildman–Crippen MR) is 121 cm³/mol. The van der Waals surface area contributed by atoms with E-state index in [-0.39, 0.29) is 9.92 Å². The van der Waals surface area contributed by atoms with E-state index in [0.29, 0.717) is 42.8 Å². The summed E-state index contributed by atoms with van der Waals surface area (Å²) in [5.41, 5.74) is 1.89. The Labute approximate surface area is 191 Å². The summed E-state index contributed by atoms with van der Waals surface area (Å²) in [6, 6.07) is 8.32. The summed E-state index contributed by atoms with van der Waals surface area (Å²) in [7, 11) is -3.74. The summed E-state index contributed by atoms with van der Waals surface area (Å²) in [4.78, 5) is 11.2. The maximum Gasteiger partial charge on any atom is 0.244 e. The van der Waals surface area contributed by atoms with E-state index < -0.39 is 10.0 Å². The van der Waals surface area contributed by atoms with Crippen molar-refractivity contribution in [2.75, 3.05) is 31.1 Å². The van der Waals surface area contributed by atoms with Crippen molar-refractivity contribution >= 4 is 39.0 Å². The van der Waals surface area contributed by atoms with Gasteiger partial charge in [0.2, 0.25) is 10.0 Å². The van der Waals surface area contributed by atoms with Crippen molar-refractivity contribution in [2.45, 2.75) is 25.7 Å². The van der Waals surface area contributed by atoms with Gasteiger partial charge in [0.15, 0.2) is 5.82 Å². The molecule has 1 fully saturated rings. The Morgan fingerprint density at radius 2 is 1.58 bits per heavy atom. The molecule has 31 heavy (non-hydrogen) atoms. The Morgan fingerprint density at radius 1 is 0.903 bits per heavy atom. The normalized spacial score (nSPS) is 15.5. The van der Waals surface area contributed by atoms with Crippen LogP contribution in [0.2, 0.25) is 10.0 Å². The monoisotopic (exact) mass is 480 g/mol. The molecule has 0 unspecified atom stereocenters. The molecule has 0 radical (unpaired) electrons. The highest BCUT2D eigenvalue weighted by Crippen LogP contribution is 2.29. The molecule has 0 saturated carbocycles. The lowest BCUT2D eigenvalue weighted by molar-refractivity contribution is 0.383. The van der Waals surface area contributed by atoms with Gasteiger partial charge < -0.3 is 4.90 Å². The lowest BCUT2D eigenvalue weighted by atomic mass is 10.3. The summed E-state index contributed by atoms with van der Waals surface area (Å²) >= 11 is 12.1. The van der Waals surface area contributed by atoms with Crippen LogP contribution in [0.15, 0.2) is 35.2 Å². The minimum Gasteiger partial charge on any atom is -0.354 e. The fourth-order valence-electron chi connectivity index (χ4n) is 3.64. The molecule has 2 aromatic heterocycles. The second kappa shape index (κ2) is 8.38. The van der Waals surface area contributed by atoms with Gasteiger partial charge in [-0.05, 0) is 45.0 Å². The third kappa shape index (κ3) is 4.41.